The number of hydrogen-bond donors (Lipinski definition) is 1. The van der Waals surface area contributed by atoms with Crippen molar-refractivity contribution in [2.75, 3.05) is 0 Å². The molecule has 2 aromatic heterocycles. The van der Waals surface area contributed by atoms with Crippen molar-refractivity contribution in [2.45, 2.75) is 0 Å². The molecule has 0 amide bonds. The van der Waals surface area contributed by atoms with Crippen molar-refractivity contribution < 1.29 is 9.90 Å². The van der Waals surface area contributed by atoms with Gasteiger partial charge in [-0.15, -0.1) is 0 Å². The maximum atomic E-state index is 10.5. The highest BCUT2D eigenvalue weighted by molar-refractivity contribution is 6.30. The second-order valence-corrected chi connectivity index (χ2v) is 2.99. The summed E-state index contributed by atoms with van der Waals surface area (Å²) >= 11 is 5.72. The highest BCUT2D eigenvalue weighted by Gasteiger charge is 2.07. The first-order chi connectivity index (χ1) is 6.16. The second kappa shape index (κ2) is 2.74. The third-order valence-corrected chi connectivity index (χ3v) is 1.88. The largest absolute Gasteiger partial charge is 0.476 e. The third kappa shape index (κ3) is 1.36. The zero-order valence-corrected chi connectivity index (χ0v) is 7.19. The van der Waals surface area contributed by atoms with Gasteiger partial charge in [0.25, 0.3) is 0 Å². The van der Waals surface area contributed by atoms with Gasteiger partial charge in [0.15, 0.2) is 5.69 Å². The molecule has 2 rings (SSSR count). The van der Waals surface area contributed by atoms with Crippen LogP contribution in [0.15, 0.2) is 24.4 Å². The molecule has 0 unspecified atom stereocenters. The van der Waals surface area contributed by atoms with E-state index < -0.39 is 5.97 Å². The summed E-state index contributed by atoms with van der Waals surface area (Å²) in [6.07, 6.45) is 1.62. The number of carbonyl (C=O) groups is 1. The van der Waals surface area contributed by atoms with Crippen molar-refractivity contribution in [1.29, 1.82) is 0 Å². The van der Waals surface area contributed by atoms with Gasteiger partial charge in [-0.05, 0) is 18.2 Å². The van der Waals surface area contributed by atoms with E-state index in [-0.39, 0.29) is 5.69 Å². The number of hydrogen-bond acceptors (Lipinski definition) is 2. The minimum Gasteiger partial charge on any atom is -0.476 e. The Balaban J connectivity index is 2.68. The van der Waals surface area contributed by atoms with Gasteiger partial charge in [-0.25, -0.2) is 9.31 Å². The number of fused-ring (bicyclic) bond motifs is 1. The van der Waals surface area contributed by atoms with Gasteiger partial charge < -0.3 is 5.11 Å². The average molecular weight is 197 g/mol. The van der Waals surface area contributed by atoms with Gasteiger partial charge in [-0.3, -0.25) is 0 Å². The van der Waals surface area contributed by atoms with Crippen LogP contribution in [0.4, 0.5) is 0 Å². The lowest BCUT2D eigenvalue weighted by Gasteiger charge is -1.91. The summed E-state index contributed by atoms with van der Waals surface area (Å²) in [5.74, 6) is -1.04. The van der Waals surface area contributed by atoms with Crippen molar-refractivity contribution in [1.82, 2.24) is 9.61 Å². The SMILES string of the molecule is O=C(O)c1cc2cc(Cl)ccn2n1. The van der Waals surface area contributed by atoms with Crippen LogP contribution in [-0.2, 0) is 0 Å². The predicted octanol–water partition coefficient (Wildman–Crippen LogP) is 1.69. The van der Waals surface area contributed by atoms with E-state index in [4.69, 9.17) is 16.7 Å². The summed E-state index contributed by atoms with van der Waals surface area (Å²) in [7, 11) is 0. The van der Waals surface area contributed by atoms with Crippen LogP contribution in [0.3, 0.4) is 0 Å². The van der Waals surface area contributed by atoms with E-state index in [1.807, 2.05) is 0 Å². The van der Waals surface area contributed by atoms with Gasteiger partial charge in [0.2, 0.25) is 0 Å². The molecule has 0 fully saturated rings. The summed E-state index contributed by atoms with van der Waals surface area (Å²) < 4.78 is 1.47. The highest BCUT2D eigenvalue weighted by Crippen LogP contribution is 2.13. The molecule has 66 valence electrons. The molecule has 0 radical (unpaired) electrons. The van der Waals surface area contributed by atoms with Gasteiger partial charge in [-0.2, -0.15) is 5.10 Å². The molecule has 0 saturated carbocycles. The van der Waals surface area contributed by atoms with Crippen molar-refractivity contribution in [3.63, 3.8) is 0 Å². The van der Waals surface area contributed by atoms with E-state index in [0.717, 1.165) is 0 Å². The zero-order valence-electron chi connectivity index (χ0n) is 6.44. The Morgan fingerprint density at radius 3 is 3.00 bits per heavy atom. The minimum atomic E-state index is -1.04. The number of aromatic carboxylic acids is 1. The van der Waals surface area contributed by atoms with Gasteiger partial charge in [-0.1, -0.05) is 11.6 Å². The maximum absolute atomic E-state index is 10.5. The van der Waals surface area contributed by atoms with E-state index >= 15 is 0 Å². The fraction of sp³-hybridized carbons (Fsp3) is 0. The Bertz CT molecular complexity index is 478. The quantitative estimate of drug-likeness (QED) is 0.755. The monoisotopic (exact) mass is 196 g/mol. The molecule has 0 aliphatic heterocycles. The van der Waals surface area contributed by atoms with Gasteiger partial charge in [0, 0.05) is 11.2 Å². The van der Waals surface area contributed by atoms with Crippen molar-refractivity contribution in [2.24, 2.45) is 0 Å². The highest BCUT2D eigenvalue weighted by atomic mass is 35.5. The van der Waals surface area contributed by atoms with Crippen molar-refractivity contribution >= 4 is 23.1 Å². The van der Waals surface area contributed by atoms with Crippen LogP contribution < -0.4 is 0 Å². The maximum Gasteiger partial charge on any atom is 0.356 e. The number of carboxylic acid groups (broad SMARTS) is 1. The van der Waals surface area contributed by atoms with Gasteiger partial charge >= 0.3 is 5.97 Å². The number of carboxylic acids is 1. The average Bonchev–Trinajstić information content (AvgIpc) is 2.46. The topological polar surface area (TPSA) is 54.6 Å². The number of nitrogens with zero attached hydrogens (tertiary/aromatic N) is 2. The van der Waals surface area contributed by atoms with Crippen LogP contribution in [0.1, 0.15) is 10.5 Å². The molecule has 0 atom stereocenters. The lowest BCUT2D eigenvalue weighted by atomic mass is 10.3. The third-order valence-electron chi connectivity index (χ3n) is 1.64. The zero-order chi connectivity index (χ0) is 9.42. The lowest BCUT2D eigenvalue weighted by Crippen LogP contribution is -1.96. The Morgan fingerprint density at radius 2 is 2.31 bits per heavy atom. The molecule has 4 nitrogen and oxygen atoms in total. The molecule has 0 saturated heterocycles. The van der Waals surface area contributed by atoms with Crippen LogP contribution in [0.5, 0.6) is 0 Å². The van der Waals surface area contributed by atoms with E-state index in [2.05, 4.69) is 5.10 Å². The molecular weight excluding hydrogens is 192 g/mol. The number of halogens is 1. The Morgan fingerprint density at radius 1 is 1.54 bits per heavy atom. The van der Waals surface area contributed by atoms with Crippen LogP contribution in [0.2, 0.25) is 5.02 Å². The van der Waals surface area contributed by atoms with Gasteiger partial charge in [0.1, 0.15) is 0 Å². The second-order valence-electron chi connectivity index (χ2n) is 2.55. The number of aromatic nitrogens is 2. The minimum absolute atomic E-state index is 0.0160. The van der Waals surface area contributed by atoms with E-state index in [0.29, 0.717) is 10.5 Å². The van der Waals surface area contributed by atoms with Crippen LogP contribution in [0, 0.1) is 0 Å². The lowest BCUT2D eigenvalue weighted by molar-refractivity contribution is 0.0690. The number of rotatable bonds is 1. The Kier molecular flexibility index (Phi) is 1.70. The fourth-order valence-corrected chi connectivity index (χ4v) is 1.24. The van der Waals surface area contributed by atoms with E-state index in [1.165, 1.54) is 10.6 Å². The molecule has 13 heavy (non-hydrogen) atoms. The smallest absolute Gasteiger partial charge is 0.356 e. The van der Waals surface area contributed by atoms with Crippen molar-refractivity contribution in [3.05, 3.63) is 35.1 Å². The standard InChI is InChI=1S/C8H5ClN2O2/c9-5-1-2-11-6(3-5)4-7(10-11)8(12)13/h1-4H,(H,12,13). The summed E-state index contributed by atoms with van der Waals surface area (Å²) in [6, 6.07) is 4.77. The fourth-order valence-electron chi connectivity index (χ4n) is 1.07. The first-order valence-corrected chi connectivity index (χ1v) is 3.93. The van der Waals surface area contributed by atoms with Crippen LogP contribution in [0.25, 0.3) is 5.52 Å². The molecule has 2 aromatic rings. The summed E-state index contributed by atoms with van der Waals surface area (Å²) in [4.78, 5) is 10.5. The van der Waals surface area contributed by atoms with Crippen molar-refractivity contribution in [3.8, 4) is 0 Å². The summed E-state index contributed by atoms with van der Waals surface area (Å²) in [5.41, 5.74) is 0.687. The van der Waals surface area contributed by atoms with E-state index in [1.54, 1.807) is 18.3 Å². The molecule has 1 N–H and O–H groups in total. The molecule has 5 heteroatoms. The number of pyridine rings is 1. The van der Waals surface area contributed by atoms with Crippen LogP contribution in [-0.4, -0.2) is 20.7 Å². The Hall–Kier alpha value is -1.55. The molecule has 0 spiro atoms. The molecule has 2 heterocycles. The molecule has 0 aliphatic rings. The van der Waals surface area contributed by atoms with E-state index in [9.17, 15) is 4.79 Å². The Labute approximate surface area is 78.4 Å². The normalized spacial score (nSPS) is 10.5. The molecular formula is C8H5ClN2O2. The summed E-state index contributed by atoms with van der Waals surface area (Å²) in [5, 5.41) is 13.0. The first-order valence-electron chi connectivity index (χ1n) is 3.55. The molecule has 0 aliphatic carbocycles. The molecule has 0 aromatic carbocycles. The first kappa shape index (κ1) is 8.07. The molecule has 0 bridgehead atoms. The predicted molar refractivity (Wildman–Crippen MR) is 47.2 cm³/mol. The summed E-state index contributed by atoms with van der Waals surface area (Å²) in [6.45, 7) is 0. The van der Waals surface area contributed by atoms with Gasteiger partial charge in [0.05, 0.1) is 5.52 Å². The van der Waals surface area contributed by atoms with Crippen LogP contribution >= 0.6 is 11.6 Å².